The van der Waals surface area contributed by atoms with E-state index in [0.29, 0.717) is 5.56 Å². The fraction of sp³-hybridized carbons (Fsp3) is 0.364. The molecule has 0 aromatic heterocycles. The quantitative estimate of drug-likeness (QED) is 0.700. The van der Waals surface area contributed by atoms with E-state index in [1.807, 2.05) is 18.2 Å². The number of nitriles is 1. The lowest BCUT2D eigenvalue weighted by Crippen LogP contribution is -1.98. The first-order chi connectivity index (χ1) is 6.35. The zero-order valence-corrected chi connectivity index (χ0v) is 7.33. The van der Waals surface area contributed by atoms with Crippen molar-refractivity contribution in [2.75, 3.05) is 6.61 Å². The van der Waals surface area contributed by atoms with E-state index >= 15 is 0 Å². The fourth-order valence-corrected chi connectivity index (χ4v) is 1.95. The Balaban J connectivity index is 2.44. The van der Waals surface area contributed by atoms with E-state index in [4.69, 9.17) is 10.4 Å². The molecule has 0 bridgehead atoms. The topological polar surface area (TPSA) is 44.0 Å². The molecular weight excluding hydrogens is 162 g/mol. The molecule has 1 aromatic rings. The average molecular weight is 173 g/mol. The SMILES string of the molecule is N#Cc1ccc2c(c1)C(CO)CC2. The van der Waals surface area contributed by atoms with Crippen LogP contribution in [0.25, 0.3) is 0 Å². The molecule has 1 aromatic carbocycles. The molecule has 1 atom stereocenters. The van der Waals surface area contributed by atoms with Gasteiger partial charge in [-0.3, -0.25) is 0 Å². The maximum atomic E-state index is 9.09. The average Bonchev–Trinajstić information content (AvgIpc) is 2.59. The van der Waals surface area contributed by atoms with E-state index in [1.54, 1.807) is 0 Å². The highest BCUT2D eigenvalue weighted by Gasteiger charge is 2.21. The third-order valence-corrected chi connectivity index (χ3v) is 2.70. The Bertz CT molecular complexity index is 365. The van der Waals surface area contributed by atoms with Crippen molar-refractivity contribution in [2.24, 2.45) is 0 Å². The number of rotatable bonds is 1. The molecular formula is C11H11NO. The van der Waals surface area contributed by atoms with Gasteiger partial charge in [-0.05, 0) is 36.1 Å². The van der Waals surface area contributed by atoms with Crippen LogP contribution >= 0.6 is 0 Å². The van der Waals surface area contributed by atoms with E-state index in [1.165, 1.54) is 11.1 Å². The van der Waals surface area contributed by atoms with Gasteiger partial charge in [0.15, 0.2) is 0 Å². The maximum absolute atomic E-state index is 9.09. The van der Waals surface area contributed by atoms with E-state index in [0.717, 1.165) is 12.8 Å². The lowest BCUT2D eigenvalue weighted by atomic mass is 10.0. The smallest absolute Gasteiger partial charge is 0.0991 e. The van der Waals surface area contributed by atoms with Crippen LogP contribution in [0, 0.1) is 11.3 Å². The Hall–Kier alpha value is -1.33. The molecule has 0 amide bonds. The van der Waals surface area contributed by atoms with Crippen LogP contribution in [0.3, 0.4) is 0 Å². The van der Waals surface area contributed by atoms with Gasteiger partial charge in [-0.1, -0.05) is 6.07 Å². The van der Waals surface area contributed by atoms with Gasteiger partial charge in [0.2, 0.25) is 0 Å². The van der Waals surface area contributed by atoms with Crippen LogP contribution in [-0.4, -0.2) is 11.7 Å². The van der Waals surface area contributed by atoms with Gasteiger partial charge in [0, 0.05) is 12.5 Å². The maximum Gasteiger partial charge on any atom is 0.0991 e. The largest absolute Gasteiger partial charge is 0.396 e. The zero-order chi connectivity index (χ0) is 9.26. The van der Waals surface area contributed by atoms with Crippen molar-refractivity contribution < 1.29 is 5.11 Å². The van der Waals surface area contributed by atoms with Crippen molar-refractivity contribution in [2.45, 2.75) is 18.8 Å². The highest BCUT2D eigenvalue weighted by molar-refractivity contribution is 5.42. The number of aliphatic hydroxyl groups excluding tert-OH is 1. The van der Waals surface area contributed by atoms with Crippen molar-refractivity contribution in [3.8, 4) is 6.07 Å². The molecule has 0 radical (unpaired) electrons. The number of hydrogen-bond donors (Lipinski definition) is 1. The first-order valence-electron chi connectivity index (χ1n) is 4.49. The third-order valence-electron chi connectivity index (χ3n) is 2.70. The zero-order valence-electron chi connectivity index (χ0n) is 7.33. The van der Waals surface area contributed by atoms with Crippen molar-refractivity contribution in [1.29, 1.82) is 5.26 Å². The minimum atomic E-state index is 0.196. The third kappa shape index (κ3) is 1.32. The standard InChI is InChI=1S/C11H11NO/c12-6-8-1-2-9-3-4-10(7-13)11(9)5-8/h1-2,5,10,13H,3-4,7H2. The number of aryl methyl sites for hydroxylation is 1. The molecule has 0 saturated heterocycles. The number of hydrogen-bond acceptors (Lipinski definition) is 2. The van der Waals surface area contributed by atoms with E-state index in [-0.39, 0.29) is 12.5 Å². The summed E-state index contributed by atoms with van der Waals surface area (Å²) < 4.78 is 0. The fourth-order valence-electron chi connectivity index (χ4n) is 1.95. The predicted octanol–water partition coefficient (Wildman–Crippen LogP) is 1.58. The molecule has 0 fully saturated rings. The molecule has 0 heterocycles. The van der Waals surface area contributed by atoms with Gasteiger partial charge >= 0.3 is 0 Å². The Morgan fingerprint density at radius 2 is 2.38 bits per heavy atom. The highest BCUT2D eigenvalue weighted by Crippen LogP contribution is 2.32. The van der Waals surface area contributed by atoms with Crippen LogP contribution in [0.4, 0.5) is 0 Å². The summed E-state index contributed by atoms with van der Waals surface area (Å²) in [4.78, 5) is 0. The summed E-state index contributed by atoms with van der Waals surface area (Å²) in [7, 11) is 0. The van der Waals surface area contributed by atoms with Crippen molar-refractivity contribution in [3.63, 3.8) is 0 Å². The van der Waals surface area contributed by atoms with Crippen molar-refractivity contribution >= 4 is 0 Å². The van der Waals surface area contributed by atoms with Gasteiger partial charge in [-0.2, -0.15) is 5.26 Å². The summed E-state index contributed by atoms with van der Waals surface area (Å²) in [5, 5.41) is 17.8. The van der Waals surface area contributed by atoms with Crippen LogP contribution in [0.2, 0.25) is 0 Å². The molecule has 0 aliphatic heterocycles. The van der Waals surface area contributed by atoms with Gasteiger partial charge in [-0.25, -0.2) is 0 Å². The molecule has 2 heteroatoms. The van der Waals surface area contributed by atoms with Crippen molar-refractivity contribution in [3.05, 3.63) is 34.9 Å². The second-order valence-corrected chi connectivity index (χ2v) is 3.44. The molecule has 0 spiro atoms. The molecule has 1 N–H and O–H groups in total. The highest BCUT2D eigenvalue weighted by atomic mass is 16.3. The molecule has 1 aliphatic carbocycles. The number of benzene rings is 1. The monoisotopic (exact) mass is 173 g/mol. The molecule has 1 aliphatic rings. The lowest BCUT2D eigenvalue weighted by Gasteiger charge is -2.06. The molecule has 2 rings (SSSR count). The number of fused-ring (bicyclic) bond motifs is 1. The summed E-state index contributed by atoms with van der Waals surface area (Å²) in [6.45, 7) is 0.196. The predicted molar refractivity (Wildman–Crippen MR) is 49.3 cm³/mol. The van der Waals surface area contributed by atoms with Gasteiger partial charge < -0.3 is 5.11 Å². The molecule has 0 saturated carbocycles. The van der Waals surface area contributed by atoms with E-state index in [9.17, 15) is 0 Å². The first-order valence-corrected chi connectivity index (χ1v) is 4.49. The van der Waals surface area contributed by atoms with Gasteiger partial charge in [-0.15, -0.1) is 0 Å². The van der Waals surface area contributed by atoms with E-state index in [2.05, 4.69) is 6.07 Å². The molecule has 66 valence electrons. The second kappa shape index (κ2) is 3.20. The van der Waals surface area contributed by atoms with Crippen LogP contribution in [-0.2, 0) is 6.42 Å². The minimum Gasteiger partial charge on any atom is -0.396 e. The lowest BCUT2D eigenvalue weighted by molar-refractivity contribution is 0.265. The second-order valence-electron chi connectivity index (χ2n) is 3.44. The van der Waals surface area contributed by atoms with E-state index < -0.39 is 0 Å². The molecule has 1 unspecified atom stereocenters. The first kappa shape index (κ1) is 8.28. The number of aliphatic hydroxyl groups is 1. The Kier molecular flexibility index (Phi) is 2.03. The van der Waals surface area contributed by atoms with Crippen LogP contribution in [0.5, 0.6) is 0 Å². The van der Waals surface area contributed by atoms with Gasteiger partial charge in [0.25, 0.3) is 0 Å². The number of nitrogens with zero attached hydrogens (tertiary/aromatic N) is 1. The van der Waals surface area contributed by atoms with Crippen LogP contribution in [0.1, 0.15) is 29.0 Å². The Morgan fingerprint density at radius 3 is 3.08 bits per heavy atom. The summed E-state index contributed by atoms with van der Waals surface area (Å²) in [5.41, 5.74) is 3.15. The molecule has 13 heavy (non-hydrogen) atoms. The van der Waals surface area contributed by atoms with Gasteiger partial charge in [0.1, 0.15) is 0 Å². The Morgan fingerprint density at radius 1 is 1.54 bits per heavy atom. The van der Waals surface area contributed by atoms with Crippen LogP contribution < -0.4 is 0 Å². The van der Waals surface area contributed by atoms with Crippen LogP contribution in [0.15, 0.2) is 18.2 Å². The summed E-state index contributed by atoms with van der Waals surface area (Å²) in [6.07, 6.45) is 2.05. The van der Waals surface area contributed by atoms with Crippen molar-refractivity contribution in [1.82, 2.24) is 0 Å². The normalized spacial score (nSPS) is 19.5. The summed E-state index contributed by atoms with van der Waals surface area (Å²) in [6, 6.07) is 7.87. The summed E-state index contributed by atoms with van der Waals surface area (Å²) in [5.74, 6) is 0.253. The Labute approximate surface area is 77.4 Å². The minimum absolute atomic E-state index is 0.196. The van der Waals surface area contributed by atoms with Gasteiger partial charge in [0.05, 0.1) is 11.6 Å². The summed E-state index contributed by atoms with van der Waals surface area (Å²) >= 11 is 0. The molecule has 2 nitrogen and oxygen atoms in total.